The third-order valence-corrected chi connectivity index (χ3v) is 6.68. The Morgan fingerprint density at radius 2 is 2.06 bits per heavy atom. The highest BCUT2D eigenvalue weighted by atomic mass is 35.5. The minimum absolute atomic E-state index is 0.0835. The molecule has 2 aromatic rings. The van der Waals surface area contributed by atoms with Crippen LogP contribution in [0.1, 0.15) is 29.7 Å². The first-order chi connectivity index (χ1) is 15.0. The van der Waals surface area contributed by atoms with Crippen LogP contribution in [0, 0.1) is 11.3 Å². The maximum absolute atomic E-state index is 12.9. The van der Waals surface area contributed by atoms with Crippen LogP contribution < -0.4 is 5.32 Å². The first-order valence-electron chi connectivity index (χ1n) is 10.2. The third kappa shape index (κ3) is 5.01. The number of imidazole rings is 1. The monoisotopic (exact) mass is 455 g/mol. The molecule has 0 spiro atoms. The summed E-state index contributed by atoms with van der Waals surface area (Å²) < 4.78 is 2.05. The summed E-state index contributed by atoms with van der Waals surface area (Å²) in [5.41, 5.74) is 3.65. The molecule has 1 saturated heterocycles. The third-order valence-electron chi connectivity index (χ3n) is 5.67. The summed E-state index contributed by atoms with van der Waals surface area (Å²) in [6.07, 6.45) is 9.04. The summed E-state index contributed by atoms with van der Waals surface area (Å²) in [7, 11) is 0. The molecular weight excluding hydrogens is 433 g/mol. The molecule has 8 heteroatoms. The van der Waals surface area contributed by atoms with Crippen molar-refractivity contribution >= 4 is 29.1 Å². The van der Waals surface area contributed by atoms with Crippen molar-refractivity contribution in [1.82, 2.24) is 19.8 Å². The first kappa shape index (κ1) is 21.6. The Hall–Kier alpha value is -2.59. The van der Waals surface area contributed by atoms with Crippen molar-refractivity contribution in [2.45, 2.75) is 37.4 Å². The number of aromatic nitrogens is 2. The smallest absolute Gasteiger partial charge is 0.240 e. The number of likely N-dealkylation sites (tertiary alicyclic amines) is 1. The highest BCUT2D eigenvalue weighted by molar-refractivity contribution is 6.38. The standard InChI is InChI=1S/C23H23Cl2N5O/c24-20-3-1-2-18(22(20)25)14-29-9-8-21(23(29)31)28-12-19-11-27-15-30(19)13-17-6-4-16(10-26)5-7-17/h1-2,4-7,11,15,20-21,28H,3,8-9,12-14H2/t20?,21-/m1/s1. The van der Waals surface area contributed by atoms with Crippen molar-refractivity contribution < 1.29 is 4.79 Å². The molecule has 1 aromatic carbocycles. The second-order valence-corrected chi connectivity index (χ2v) is 8.72. The van der Waals surface area contributed by atoms with E-state index in [9.17, 15) is 4.79 Å². The number of nitrogens with one attached hydrogen (secondary N) is 1. The van der Waals surface area contributed by atoms with Gasteiger partial charge in [-0.1, -0.05) is 35.9 Å². The molecule has 2 aliphatic rings. The number of alkyl halides is 1. The second-order valence-electron chi connectivity index (χ2n) is 7.78. The van der Waals surface area contributed by atoms with Crippen LogP contribution in [0.15, 0.2) is 59.5 Å². The van der Waals surface area contributed by atoms with E-state index in [4.69, 9.17) is 28.5 Å². The van der Waals surface area contributed by atoms with Gasteiger partial charge in [0.05, 0.1) is 35.1 Å². The topological polar surface area (TPSA) is 74.0 Å². The fourth-order valence-corrected chi connectivity index (χ4v) is 4.33. The van der Waals surface area contributed by atoms with Crippen LogP contribution in [0.2, 0.25) is 0 Å². The molecule has 1 N–H and O–H groups in total. The molecule has 1 aliphatic carbocycles. The van der Waals surface area contributed by atoms with Gasteiger partial charge in [-0.25, -0.2) is 4.98 Å². The Kier molecular flexibility index (Phi) is 6.77. The molecule has 31 heavy (non-hydrogen) atoms. The molecule has 6 nitrogen and oxygen atoms in total. The SMILES string of the molecule is N#Cc1ccc(Cn2cncc2CN[C@@H]2CCN(CC3=C(Cl)C(Cl)CC=C3)C2=O)cc1. The minimum Gasteiger partial charge on any atom is -0.337 e. The molecule has 0 radical (unpaired) electrons. The maximum Gasteiger partial charge on any atom is 0.240 e. The number of allylic oxidation sites excluding steroid dienone is 2. The molecular formula is C23H23Cl2N5O. The summed E-state index contributed by atoms with van der Waals surface area (Å²) in [5.74, 6) is 0.0835. The van der Waals surface area contributed by atoms with Crippen LogP contribution in [0.5, 0.6) is 0 Å². The van der Waals surface area contributed by atoms with Crippen LogP contribution in [0.25, 0.3) is 0 Å². The largest absolute Gasteiger partial charge is 0.337 e. The average molecular weight is 456 g/mol. The number of hydrogen-bond donors (Lipinski definition) is 1. The van der Waals surface area contributed by atoms with E-state index in [0.29, 0.717) is 36.8 Å². The highest BCUT2D eigenvalue weighted by Gasteiger charge is 2.32. The van der Waals surface area contributed by atoms with Crippen molar-refractivity contribution in [3.8, 4) is 6.07 Å². The lowest BCUT2D eigenvalue weighted by Gasteiger charge is -2.22. The van der Waals surface area contributed by atoms with E-state index >= 15 is 0 Å². The molecule has 1 aromatic heterocycles. The van der Waals surface area contributed by atoms with Crippen molar-refractivity contribution in [2.75, 3.05) is 13.1 Å². The van der Waals surface area contributed by atoms with Crippen LogP contribution in [-0.2, 0) is 17.9 Å². The number of nitriles is 1. The summed E-state index contributed by atoms with van der Waals surface area (Å²) in [5, 5.41) is 12.7. The molecule has 1 unspecified atom stereocenters. The lowest BCUT2D eigenvalue weighted by atomic mass is 10.1. The lowest BCUT2D eigenvalue weighted by Crippen LogP contribution is -2.39. The van der Waals surface area contributed by atoms with E-state index in [1.165, 1.54) is 0 Å². The molecule has 2 heterocycles. The van der Waals surface area contributed by atoms with Gasteiger partial charge >= 0.3 is 0 Å². The van der Waals surface area contributed by atoms with E-state index in [1.807, 2.05) is 52.1 Å². The zero-order valence-electron chi connectivity index (χ0n) is 17.0. The number of hydrogen-bond acceptors (Lipinski definition) is 4. The zero-order valence-corrected chi connectivity index (χ0v) is 18.5. The second kappa shape index (κ2) is 9.69. The fraction of sp³-hybridized carbons (Fsp3) is 0.348. The van der Waals surface area contributed by atoms with Gasteiger partial charge in [0.1, 0.15) is 0 Å². The molecule has 1 fully saturated rings. The number of rotatable bonds is 7. The Balaban J connectivity index is 1.34. The molecule has 160 valence electrons. The summed E-state index contributed by atoms with van der Waals surface area (Å²) in [4.78, 5) is 18.9. The number of carbonyl (C=O) groups is 1. The normalized spacial score (nSPS) is 21.1. The lowest BCUT2D eigenvalue weighted by molar-refractivity contribution is -0.129. The van der Waals surface area contributed by atoms with E-state index in [0.717, 1.165) is 29.7 Å². The van der Waals surface area contributed by atoms with Gasteiger partial charge in [-0.3, -0.25) is 4.79 Å². The van der Waals surface area contributed by atoms with Crippen LogP contribution in [-0.4, -0.2) is 44.9 Å². The van der Waals surface area contributed by atoms with Gasteiger partial charge in [-0.15, -0.1) is 11.6 Å². The number of benzene rings is 1. The Morgan fingerprint density at radius 3 is 2.84 bits per heavy atom. The first-order valence-corrected chi connectivity index (χ1v) is 11.1. The highest BCUT2D eigenvalue weighted by Crippen LogP contribution is 2.28. The quantitative estimate of drug-likeness (QED) is 0.647. The molecule has 0 bridgehead atoms. The molecule has 1 amide bonds. The predicted octanol–water partition coefficient (Wildman–Crippen LogP) is 3.55. The van der Waals surface area contributed by atoms with Crippen molar-refractivity contribution in [3.63, 3.8) is 0 Å². The number of amides is 1. The van der Waals surface area contributed by atoms with E-state index in [-0.39, 0.29) is 17.3 Å². The molecule has 4 rings (SSSR count). The molecule has 1 aliphatic heterocycles. The number of carbonyl (C=O) groups excluding carboxylic acids is 1. The van der Waals surface area contributed by atoms with Gasteiger partial charge in [-0.2, -0.15) is 5.26 Å². The van der Waals surface area contributed by atoms with Crippen molar-refractivity contribution in [3.05, 3.63) is 76.4 Å². The average Bonchev–Trinajstić information content (AvgIpc) is 3.36. The minimum atomic E-state index is -0.225. The van der Waals surface area contributed by atoms with Crippen LogP contribution in [0.4, 0.5) is 0 Å². The fourth-order valence-electron chi connectivity index (χ4n) is 3.88. The Bertz CT molecular complexity index is 1050. The Morgan fingerprint density at radius 1 is 1.26 bits per heavy atom. The van der Waals surface area contributed by atoms with Gasteiger partial charge < -0.3 is 14.8 Å². The van der Waals surface area contributed by atoms with Gasteiger partial charge in [0.25, 0.3) is 0 Å². The maximum atomic E-state index is 12.9. The van der Waals surface area contributed by atoms with Crippen molar-refractivity contribution in [2.24, 2.45) is 0 Å². The van der Waals surface area contributed by atoms with Crippen LogP contribution >= 0.6 is 23.2 Å². The number of halogens is 2. The van der Waals surface area contributed by atoms with Crippen molar-refractivity contribution in [1.29, 1.82) is 5.26 Å². The van der Waals surface area contributed by atoms with Gasteiger partial charge in [0, 0.05) is 37.4 Å². The van der Waals surface area contributed by atoms with E-state index in [2.05, 4.69) is 16.4 Å². The van der Waals surface area contributed by atoms with Gasteiger partial charge in [0.2, 0.25) is 5.91 Å². The Labute approximate surface area is 191 Å². The molecule has 0 saturated carbocycles. The van der Waals surface area contributed by atoms with Gasteiger partial charge in [-0.05, 0) is 36.1 Å². The summed E-state index contributed by atoms with van der Waals surface area (Å²) in [6.45, 7) is 2.39. The van der Waals surface area contributed by atoms with E-state index < -0.39 is 0 Å². The summed E-state index contributed by atoms with van der Waals surface area (Å²) >= 11 is 12.6. The predicted molar refractivity (Wildman–Crippen MR) is 121 cm³/mol. The molecule has 2 atom stereocenters. The summed E-state index contributed by atoms with van der Waals surface area (Å²) in [6, 6.07) is 9.41. The van der Waals surface area contributed by atoms with E-state index in [1.54, 1.807) is 6.33 Å². The zero-order chi connectivity index (χ0) is 21.8. The van der Waals surface area contributed by atoms with Gasteiger partial charge in [0.15, 0.2) is 0 Å². The van der Waals surface area contributed by atoms with Crippen LogP contribution in [0.3, 0.4) is 0 Å². The number of nitrogens with zero attached hydrogens (tertiary/aromatic N) is 4.